The first-order valence-electron chi connectivity index (χ1n) is 7.09. The summed E-state index contributed by atoms with van der Waals surface area (Å²) < 4.78 is 25.1. The summed E-state index contributed by atoms with van der Waals surface area (Å²) in [4.78, 5) is 0. The Bertz CT molecular complexity index is 446. The predicted octanol–water partition coefficient (Wildman–Crippen LogP) is 2.81. The normalized spacial score (nSPS) is 29.9. The van der Waals surface area contributed by atoms with E-state index in [0.29, 0.717) is 0 Å². The molecule has 1 N–H and O–H groups in total. The van der Waals surface area contributed by atoms with Gasteiger partial charge in [-0.3, -0.25) is 0 Å². The van der Waals surface area contributed by atoms with E-state index in [1.807, 2.05) is 0 Å². The molecule has 1 saturated heterocycles. The summed E-state index contributed by atoms with van der Waals surface area (Å²) in [5, 5.41) is 3.42. The second kappa shape index (κ2) is 5.47. The lowest BCUT2D eigenvalue weighted by Crippen LogP contribution is -2.39. The third-order valence-corrected chi connectivity index (χ3v) is 3.92. The SMILES string of the molecule is CCNC1CC(C2CCCO2)Oc2ccc(F)cc21. The molecule has 2 heterocycles. The van der Waals surface area contributed by atoms with E-state index in [1.165, 1.54) is 6.07 Å². The largest absolute Gasteiger partial charge is 0.487 e. The molecule has 1 aromatic carbocycles. The van der Waals surface area contributed by atoms with Gasteiger partial charge in [-0.1, -0.05) is 6.92 Å². The average molecular weight is 265 g/mol. The zero-order chi connectivity index (χ0) is 13.2. The fraction of sp³-hybridized carbons (Fsp3) is 0.600. The maximum absolute atomic E-state index is 13.4. The molecule has 0 aliphatic carbocycles. The molecule has 1 aromatic rings. The third-order valence-electron chi connectivity index (χ3n) is 3.92. The smallest absolute Gasteiger partial charge is 0.127 e. The Morgan fingerprint density at radius 3 is 3.00 bits per heavy atom. The van der Waals surface area contributed by atoms with Crippen LogP contribution in [0.3, 0.4) is 0 Å². The molecule has 0 bridgehead atoms. The summed E-state index contributed by atoms with van der Waals surface area (Å²) in [6, 6.07) is 4.92. The Morgan fingerprint density at radius 1 is 1.37 bits per heavy atom. The van der Waals surface area contributed by atoms with Gasteiger partial charge in [-0.15, -0.1) is 0 Å². The Morgan fingerprint density at radius 2 is 2.26 bits per heavy atom. The molecule has 2 aliphatic rings. The topological polar surface area (TPSA) is 30.5 Å². The zero-order valence-electron chi connectivity index (χ0n) is 11.2. The molecule has 4 heteroatoms. The summed E-state index contributed by atoms with van der Waals surface area (Å²) >= 11 is 0. The molecule has 0 spiro atoms. The van der Waals surface area contributed by atoms with Crippen molar-refractivity contribution in [1.82, 2.24) is 5.32 Å². The van der Waals surface area contributed by atoms with E-state index in [9.17, 15) is 4.39 Å². The Kier molecular flexibility index (Phi) is 3.71. The minimum absolute atomic E-state index is 0.0736. The van der Waals surface area contributed by atoms with Gasteiger partial charge in [0.2, 0.25) is 0 Å². The van der Waals surface area contributed by atoms with Gasteiger partial charge < -0.3 is 14.8 Å². The Labute approximate surface area is 113 Å². The van der Waals surface area contributed by atoms with Crippen LogP contribution in [0.5, 0.6) is 5.75 Å². The van der Waals surface area contributed by atoms with E-state index in [2.05, 4.69) is 12.2 Å². The zero-order valence-corrected chi connectivity index (χ0v) is 11.2. The summed E-state index contributed by atoms with van der Waals surface area (Å²) in [5.74, 6) is 0.583. The third kappa shape index (κ3) is 2.60. The number of halogens is 1. The van der Waals surface area contributed by atoms with Crippen molar-refractivity contribution in [1.29, 1.82) is 0 Å². The van der Waals surface area contributed by atoms with Crippen LogP contribution in [0.1, 0.15) is 37.8 Å². The van der Waals surface area contributed by atoms with Crippen molar-refractivity contribution in [2.75, 3.05) is 13.2 Å². The number of benzene rings is 1. The molecule has 1 fully saturated rings. The maximum atomic E-state index is 13.4. The van der Waals surface area contributed by atoms with Crippen molar-refractivity contribution in [3.8, 4) is 5.75 Å². The van der Waals surface area contributed by atoms with Crippen LogP contribution in [0.25, 0.3) is 0 Å². The van der Waals surface area contributed by atoms with E-state index < -0.39 is 0 Å². The number of nitrogens with one attached hydrogen (secondary N) is 1. The van der Waals surface area contributed by atoms with Crippen LogP contribution in [0.4, 0.5) is 4.39 Å². The van der Waals surface area contributed by atoms with Gasteiger partial charge in [0.25, 0.3) is 0 Å². The fourth-order valence-corrected chi connectivity index (χ4v) is 3.03. The van der Waals surface area contributed by atoms with Crippen molar-refractivity contribution >= 4 is 0 Å². The van der Waals surface area contributed by atoms with Crippen LogP contribution >= 0.6 is 0 Å². The van der Waals surface area contributed by atoms with Crippen LogP contribution in [-0.4, -0.2) is 25.4 Å². The molecular weight excluding hydrogens is 245 g/mol. The van der Waals surface area contributed by atoms with Gasteiger partial charge in [-0.2, -0.15) is 0 Å². The van der Waals surface area contributed by atoms with Gasteiger partial charge in [-0.05, 0) is 37.6 Å². The Hall–Kier alpha value is -1.13. The number of rotatable bonds is 3. The van der Waals surface area contributed by atoms with Crippen LogP contribution in [0.2, 0.25) is 0 Å². The standard InChI is InChI=1S/C15H20FNO2/c1-2-17-12-9-15(14-4-3-7-18-14)19-13-6-5-10(16)8-11(12)13/h5-6,8,12,14-15,17H,2-4,7,9H2,1H3. The monoisotopic (exact) mass is 265 g/mol. The lowest BCUT2D eigenvalue weighted by molar-refractivity contribution is -0.00444. The van der Waals surface area contributed by atoms with Gasteiger partial charge in [0, 0.05) is 24.6 Å². The molecule has 2 aliphatic heterocycles. The van der Waals surface area contributed by atoms with Crippen molar-refractivity contribution in [3.05, 3.63) is 29.6 Å². The lowest BCUT2D eigenvalue weighted by Gasteiger charge is -2.35. The average Bonchev–Trinajstić information content (AvgIpc) is 2.93. The number of ether oxygens (including phenoxy) is 2. The predicted molar refractivity (Wildman–Crippen MR) is 70.8 cm³/mol. The molecule has 3 unspecified atom stereocenters. The van der Waals surface area contributed by atoms with E-state index in [4.69, 9.17) is 9.47 Å². The first kappa shape index (κ1) is 12.9. The van der Waals surface area contributed by atoms with Crippen LogP contribution in [0, 0.1) is 5.82 Å². The second-order valence-electron chi connectivity index (χ2n) is 5.24. The minimum Gasteiger partial charge on any atom is -0.487 e. The number of hydrogen-bond acceptors (Lipinski definition) is 3. The summed E-state index contributed by atoms with van der Waals surface area (Å²) in [7, 11) is 0. The van der Waals surface area contributed by atoms with E-state index >= 15 is 0 Å². The molecule has 104 valence electrons. The number of hydrogen-bond donors (Lipinski definition) is 1. The molecule has 0 saturated carbocycles. The van der Waals surface area contributed by atoms with Gasteiger partial charge in [-0.25, -0.2) is 4.39 Å². The van der Waals surface area contributed by atoms with Gasteiger partial charge >= 0.3 is 0 Å². The van der Waals surface area contributed by atoms with Gasteiger partial charge in [0.15, 0.2) is 0 Å². The first-order chi connectivity index (χ1) is 9.28. The molecule has 0 aromatic heterocycles. The van der Waals surface area contributed by atoms with E-state index in [-0.39, 0.29) is 24.1 Å². The van der Waals surface area contributed by atoms with E-state index in [1.54, 1.807) is 12.1 Å². The molecule has 3 nitrogen and oxygen atoms in total. The van der Waals surface area contributed by atoms with Crippen molar-refractivity contribution in [3.63, 3.8) is 0 Å². The van der Waals surface area contributed by atoms with Crippen LogP contribution < -0.4 is 10.1 Å². The van der Waals surface area contributed by atoms with Gasteiger partial charge in [0.05, 0.1) is 6.10 Å². The molecular formula is C15H20FNO2. The molecule has 3 rings (SSSR count). The Balaban J connectivity index is 1.85. The highest BCUT2D eigenvalue weighted by Gasteiger charge is 2.35. The highest BCUT2D eigenvalue weighted by atomic mass is 19.1. The highest BCUT2D eigenvalue weighted by molar-refractivity contribution is 5.38. The molecule has 19 heavy (non-hydrogen) atoms. The molecule has 0 radical (unpaired) electrons. The van der Waals surface area contributed by atoms with Crippen molar-refractivity contribution in [2.45, 2.75) is 44.4 Å². The number of fused-ring (bicyclic) bond motifs is 1. The fourth-order valence-electron chi connectivity index (χ4n) is 3.03. The van der Waals surface area contributed by atoms with Crippen molar-refractivity contribution in [2.24, 2.45) is 0 Å². The quantitative estimate of drug-likeness (QED) is 0.911. The maximum Gasteiger partial charge on any atom is 0.127 e. The summed E-state index contributed by atoms with van der Waals surface area (Å²) in [6.45, 7) is 3.75. The van der Waals surface area contributed by atoms with E-state index in [0.717, 1.165) is 43.7 Å². The first-order valence-corrected chi connectivity index (χ1v) is 7.09. The van der Waals surface area contributed by atoms with Gasteiger partial charge in [0.1, 0.15) is 17.7 Å². The molecule has 3 atom stereocenters. The highest BCUT2D eigenvalue weighted by Crippen LogP contribution is 2.38. The van der Waals surface area contributed by atoms with Crippen LogP contribution in [-0.2, 0) is 4.74 Å². The minimum atomic E-state index is -0.208. The lowest BCUT2D eigenvalue weighted by atomic mass is 9.93. The van der Waals surface area contributed by atoms with Crippen LogP contribution in [0.15, 0.2) is 18.2 Å². The van der Waals surface area contributed by atoms with Crippen molar-refractivity contribution < 1.29 is 13.9 Å². The summed E-state index contributed by atoms with van der Waals surface area (Å²) in [5.41, 5.74) is 0.927. The molecule has 0 amide bonds. The summed E-state index contributed by atoms with van der Waals surface area (Å²) in [6.07, 6.45) is 3.26. The second-order valence-corrected chi connectivity index (χ2v) is 5.24.